The van der Waals surface area contributed by atoms with E-state index in [9.17, 15) is 23.7 Å². The summed E-state index contributed by atoms with van der Waals surface area (Å²) in [6.45, 7) is 0. The lowest BCUT2D eigenvalue weighted by Crippen LogP contribution is -2.45. The van der Waals surface area contributed by atoms with Gasteiger partial charge in [0.1, 0.15) is 0 Å². The molecule has 0 heterocycles. The summed E-state index contributed by atoms with van der Waals surface area (Å²) in [5.41, 5.74) is 0. The van der Waals surface area contributed by atoms with E-state index in [0.717, 1.165) is 12.2 Å². The van der Waals surface area contributed by atoms with Crippen LogP contribution in [0.25, 0.3) is 0 Å². The Morgan fingerprint density at radius 1 is 1.71 bits per heavy atom. The molecule has 0 radical (unpaired) electrons. The maximum Gasteiger partial charge on any atom is 0.424 e. The van der Waals surface area contributed by atoms with Crippen molar-refractivity contribution in [2.24, 2.45) is 5.92 Å². The van der Waals surface area contributed by atoms with Crippen molar-refractivity contribution < 1.29 is 18.5 Å². The predicted molar refractivity (Wildman–Crippen MR) is 43.5 cm³/mol. The summed E-state index contributed by atoms with van der Waals surface area (Å²) in [4.78, 5) is 19.4. The molecule has 0 N–H and O–H groups in total. The van der Waals surface area contributed by atoms with Crippen LogP contribution in [-0.4, -0.2) is 16.0 Å². The quantitative estimate of drug-likeness (QED) is 0.310. The second-order valence-corrected chi connectivity index (χ2v) is 2.98. The van der Waals surface area contributed by atoms with Crippen LogP contribution >= 0.6 is 11.6 Å². The van der Waals surface area contributed by atoms with Gasteiger partial charge in [-0.05, 0) is 17.7 Å². The zero-order chi connectivity index (χ0) is 10.9. The molecule has 0 saturated carbocycles. The van der Waals surface area contributed by atoms with E-state index in [-0.39, 0.29) is 0 Å². The topological polar surface area (TPSA) is 60.2 Å². The van der Waals surface area contributed by atoms with Gasteiger partial charge in [0.2, 0.25) is 11.1 Å². The number of rotatable bonds is 2. The second-order valence-electron chi connectivity index (χ2n) is 2.61. The van der Waals surface area contributed by atoms with Crippen molar-refractivity contribution in [3.05, 3.63) is 34.2 Å². The summed E-state index contributed by atoms with van der Waals surface area (Å²) in [6, 6.07) is 0. The van der Waals surface area contributed by atoms with Gasteiger partial charge in [-0.1, -0.05) is 12.2 Å². The van der Waals surface area contributed by atoms with Crippen LogP contribution in [0.1, 0.15) is 0 Å². The van der Waals surface area contributed by atoms with Crippen molar-refractivity contribution in [3.8, 4) is 0 Å². The minimum Gasteiger partial charge on any atom is -0.280 e. The first-order valence-corrected chi connectivity index (χ1v) is 3.85. The Morgan fingerprint density at radius 3 is 2.64 bits per heavy atom. The molecular weight excluding hydrogens is 220 g/mol. The molecule has 0 bridgehead atoms. The Bertz CT molecular complexity index is 355. The molecule has 14 heavy (non-hydrogen) atoms. The van der Waals surface area contributed by atoms with Crippen LogP contribution in [0.5, 0.6) is 0 Å². The number of alkyl halides is 1. The molecule has 1 aliphatic carbocycles. The molecule has 1 rings (SSSR count). The highest BCUT2D eigenvalue weighted by atomic mass is 35.5. The van der Waals surface area contributed by atoms with Gasteiger partial charge < -0.3 is 0 Å². The van der Waals surface area contributed by atoms with Gasteiger partial charge in [-0.15, -0.1) is 0 Å². The van der Waals surface area contributed by atoms with Gasteiger partial charge >= 0.3 is 5.79 Å². The van der Waals surface area contributed by atoms with E-state index in [0.29, 0.717) is 6.08 Å². The largest absolute Gasteiger partial charge is 0.424 e. The summed E-state index contributed by atoms with van der Waals surface area (Å²) >= 11 is 4.92. The van der Waals surface area contributed by atoms with Crippen LogP contribution in [-0.2, 0) is 4.79 Å². The van der Waals surface area contributed by atoms with Crippen LogP contribution < -0.4 is 0 Å². The van der Waals surface area contributed by atoms with Gasteiger partial charge in [0, 0.05) is 0 Å². The van der Waals surface area contributed by atoms with Crippen molar-refractivity contribution >= 4 is 16.8 Å². The minimum absolute atomic E-state index is 0.582. The fourth-order valence-corrected chi connectivity index (χ4v) is 1.29. The Kier molecular flexibility index (Phi) is 2.66. The number of carbonyl (C=O) groups is 1. The summed E-state index contributed by atoms with van der Waals surface area (Å²) in [5, 5.41) is 8.99. The minimum atomic E-state index is -3.58. The lowest BCUT2D eigenvalue weighted by molar-refractivity contribution is -0.601. The van der Waals surface area contributed by atoms with E-state index in [1.807, 2.05) is 0 Å². The molecule has 1 aliphatic rings. The molecule has 0 amide bonds. The molecule has 0 spiro atoms. The zero-order valence-corrected chi connectivity index (χ0v) is 7.37. The van der Waals surface area contributed by atoms with Crippen molar-refractivity contribution in [2.75, 3.05) is 0 Å². The van der Waals surface area contributed by atoms with Crippen LogP contribution in [0.3, 0.4) is 0 Å². The van der Waals surface area contributed by atoms with Crippen LogP contribution in [0.15, 0.2) is 24.1 Å². The Balaban J connectivity index is 3.22. The maximum atomic E-state index is 13.5. The van der Waals surface area contributed by atoms with E-state index in [1.54, 1.807) is 0 Å². The van der Waals surface area contributed by atoms with Crippen molar-refractivity contribution in [1.29, 1.82) is 0 Å². The van der Waals surface area contributed by atoms with Gasteiger partial charge in [0.05, 0.1) is 4.92 Å². The maximum absolute atomic E-state index is 13.5. The van der Waals surface area contributed by atoms with E-state index < -0.39 is 27.7 Å². The van der Waals surface area contributed by atoms with Crippen LogP contribution in [0, 0.1) is 16.0 Å². The summed E-state index contributed by atoms with van der Waals surface area (Å²) in [7, 11) is 0. The zero-order valence-electron chi connectivity index (χ0n) is 6.62. The van der Waals surface area contributed by atoms with Gasteiger partial charge in [0.25, 0.3) is 0 Å². The third kappa shape index (κ3) is 1.41. The normalized spacial score (nSPS) is 31.1. The van der Waals surface area contributed by atoms with E-state index >= 15 is 0 Å². The smallest absolute Gasteiger partial charge is 0.280 e. The number of hydrogen-bond acceptors (Lipinski definition) is 3. The fourth-order valence-electron chi connectivity index (χ4n) is 1.07. The average Bonchev–Trinajstić information content (AvgIpc) is 2.08. The van der Waals surface area contributed by atoms with Crippen molar-refractivity contribution in [3.63, 3.8) is 0 Å². The number of nitrogens with zero attached hydrogens (tertiary/aromatic N) is 1. The van der Waals surface area contributed by atoms with Gasteiger partial charge in [-0.25, -0.2) is 4.39 Å². The highest BCUT2D eigenvalue weighted by Gasteiger charge is 2.58. The molecule has 0 aromatic carbocycles. The van der Waals surface area contributed by atoms with Gasteiger partial charge in [0.15, 0.2) is 5.92 Å². The Morgan fingerprint density at radius 2 is 2.29 bits per heavy atom. The number of carbonyl (C=O) groups excluding carboxylic acids is 1. The van der Waals surface area contributed by atoms with E-state index in [2.05, 4.69) is 0 Å². The van der Waals surface area contributed by atoms with Crippen molar-refractivity contribution in [2.45, 2.75) is 5.79 Å². The molecule has 0 aromatic rings. The van der Waals surface area contributed by atoms with Gasteiger partial charge in [-0.3, -0.25) is 14.9 Å². The third-order valence-corrected chi connectivity index (χ3v) is 2.04. The molecule has 2 atom stereocenters. The Hall–Kier alpha value is -1.30. The predicted octanol–water partition coefficient (Wildman–Crippen LogP) is 1.73. The molecule has 0 aromatic heterocycles. The summed E-state index contributed by atoms with van der Waals surface area (Å²) < 4.78 is 26.4. The first-order chi connectivity index (χ1) is 6.40. The number of nitro groups is 1. The molecular formula is C7H4ClF2NO3. The molecule has 4 nitrogen and oxygen atoms in total. The highest BCUT2D eigenvalue weighted by Crippen LogP contribution is 2.37. The van der Waals surface area contributed by atoms with E-state index in [4.69, 9.17) is 11.6 Å². The first-order valence-electron chi connectivity index (χ1n) is 3.48. The molecule has 0 fully saturated rings. The fraction of sp³-hybridized carbons (Fsp3) is 0.286. The number of allylic oxidation sites excluding steroid dienone is 2. The molecule has 76 valence electrons. The van der Waals surface area contributed by atoms with Gasteiger partial charge in [-0.2, -0.15) is 4.39 Å². The molecule has 0 saturated heterocycles. The second kappa shape index (κ2) is 3.45. The monoisotopic (exact) mass is 223 g/mol. The molecule has 7 heteroatoms. The lowest BCUT2D eigenvalue weighted by atomic mass is 9.93. The summed E-state index contributed by atoms with van der Waals surface area (Å²) in [6.07, 6.45) is 2.43. The Labute approximate surface area is 82.0 Å². The average molecular weight is 224 g/mol. The standard InChI is InChI=1S/C7H4ClF2NO3/c8-6(12)4-2-1-3-5(9)7(4,10)11(13)14/h1-4H. The number of hydrogen-bond donors (Lipinski definition) is 0. The van der Waals surface area contributed by atoms with Crippen LogP contribution in [0.4, 0.5) is 8.78 Å². The SMILES string of the molecule is O=C(Cl)C1C=CC=C(F)C1(F)[N+](=O)[O-]. The lowest BCUT2D eigenvalue weighted by Gasteiger charge is -2.21. The highest BCUT2D eigenvalue weighted by molar-refractivity contribution is 6.64. The summed E-state index contributed by atoms with van der Waals surface area (Å²) in [5.74, 6) is -7.14. The third-order valence-electron chi connectivity index (χ3n) is 1.80. The number of halogens is 3. The van der Waals surface area contributed by atoms with Crippen LogP contribution in [0.2, 0.25) is 0 Å². The molecule has 2 unspecified atom stereocenters. The molecule has 0 aliphatic heterocycles. The van der Waals surface area contributed by atoms with E-state index in [1.165, 1.54) is 0 Å². The first kappa shape index (κ1) is 10.8. The van der Waals surface area contributed by atoms with Crippen molar-refractivity contribution in [1.82, 2.24) is 0 Å².